The van der Waals surface area contributed by atoms with Crippen molar-refractivity contribution in [2.45, 2.75) is 57.8 Å². The van der Waals surface area contributed by atoms with Crippen molar-refractivity contribution in [3.05, 3.63) is 87.9 Å². The van der Waals surface area contributed by atoms with Gasteiger partial charge in [0.05, 0.1) is 35.3 Å². The van der Waals surface area contributed by atoms with Crippen LogP contribution >= 0.6 is 11.6 Å². The van der Waals surface area contributed by atoms with E-state index in [0.29, 0.717) is 22.0 Å². The van der Waals surface area contributed by atoms with Crippen LogP contribution in [0, 0.1) is 5.92 Å². The Kier molecular flexibility index (Phi) is 6.84. The van der Waals surface area contributed by atoms with E-state index in [4.69, 9.17) is 25.2 Å². The molecule has 206 valence electrons. The Hall–Kier alpha value is -3.06. The Morgan fingerprint density at radius 2 is 1.77 bits per heavy atom. The molecule has 3 aromatic rings. The lowest BCUT2D eigenvalue weighted by molar-refractivity contribution is -0.118. The molecule has 2 aliphatic heterocycles. The zero-order valence-corrected chi connectivity index (χ0v) is 23.3. The van der Waals surface area contributed by atoms with E-state index in [2.05, 4.69) is 5.32 Å². The van der Waals surface area contributed by atoms with Crippen LogP contribution in [-0.4, -0.2) is 37.2 Å². The van der Waals surface area contributed by atoms with Gasteiger partial charge in [-0.25, -0.2) is 0 Å². The Labute approximate surface area is 240 Å². The maximum Gasteiger partial charge on any atom is 0.232 e. The van der Waals surface area contributed by atoms with Gasteiger partial charge in [0.2, 0.25) is 5.91 Å². The Balaban J connectivity index is 1.59. The molecule has 1 unspecified atom stereocenters. The van der Waals surface area contributed by atoms with Crippen LogP contribution in [0.4, 0.5) is 5.69 Å². The van der Waals surface area contributed by atoms with Crippen molar-refractivity contribution in [2.75, 3.05) is 25.0 Å². The van der Waals surface area contributed by atoms with E-state index in [9.17, 15) is 9.90 Å². The molecule has 1 fully saturated rings. The number of carbonyl (C=O) groups excluding carboxylic acids is 1. The van der Waals surface area contributed by atoms with Crippen molar-refractivity contribution in [3.63, 3.8) is 0 Å². The molecule has 5 rings (SSSR count). The van der Waals surface area contributed by atoms with E-state index in [1.807, 2.05) is 57.2 Å². The van der Waals surface area contributed by atoms with E-state index in [1.165, 1.54) is 0 Å². The number of nitrogens with one attached hydrogen (secondary N) is 1. The first-order valence-electron chi connectivity index (χ1n) is 15.0. The third kappa shape index (κ3) is 5.51. The van der Waals surface area contributed by atoms with Crippen LogP contribution < -0.4 is 19.7 Å². The van der Waals surface area contributed by atoms with Gasteiger partial charge in [-0.05, 0) is 111 Å². The molecule has 39 heavy (non-hydrogen) atoms. The second kappa shape index (κ2) is 11.2. The Morgan fingerprint density at radius 1 is 1.08 bits per heavy atom. The number of anilines is 1. The standard InChI is InChI=1S/C32H37ClN2O4/c1-20(2)39-29-19-27-22(17-28(29)38-4)18-30(36)35(31(27)21-5-9-25(33)10-6-21)26-11-7-23(8-12-26)32(3,37)24-13-15-34-16-14-24/h5-12,17,19-20,24,31,34,37H,13-16,18H2,1-4H3/t31-,32?/m0/s1/i4D3. The molecule has 0 saturated carbocycles. The number of piperidine rings is 1. The SMILES string of the molecule is [2H]C([2H])([2H])Oc1cc2c(cc1OC(C)C)[C@H](c1ccc(Cl)cc1)N(c1ccc(C(C)(O)C3CCNCC3)cc1)C(=O)C2. The van der Waals surface area contributed by atoms with Gasteiger partial charge in [-0.3, -0.25) is 4.79 Å². The minimum Gasteiger partial charge on any atom is -0.493 e. The van der Waals surface area contributed by atoms with E-state index >= 15 is 0 Å². The predicted molar refractivity (Wildman–Crippen MR) is 155 cm³/mol. The summed E-state index contributed by atoms with van der Waals surface area (Å²) in [6.07, 6.45) is 1.59. The lowest BCUT2D eigenvalue weighted by atomic mass is 9.77. The van der Waals surface area contributed by atoms with E-state index in [-0.39, 0.29) is 30.1 Å². The normalized spacial score (nSPS) is 21.0. The molecule has 7 heteroatoms. The summed E-state index contributed by atoms with van der Waals surface area (Å²) in [5, 5.41) is 15.4. The summed E-state index contributed by atoms with van der Waals surface area (Å²) in [5.41, 5.74) is 2.80. The molecular weight excluding hydrogens is 512 g/mol. The molecule has 6 nitrogen and oxygen atoms in total. The summed E-state index contributed by atoms with van der Waals surface area (Å²) in [6, 6.07) is 17.8. The molecule has 0 aliphatic carbocycles. The van der Waals surface area contributed by atoms with Crippen molar-refractivity contribution in [1.29, 1.82) is 0 Å². The van der Waals surface area contributed by atoms with Crippen LogP contribution in [0.15, 0.2) is 60.7 Å². The maximum atomic E-state index is 13.9. The predicted octanol–water partition coefficient (Wildman–Crippen LogP) is 6.02. The third-order valence-electron chi connectivity index (χ3n) is 7.89. The smallest absolute Gasteiger partial charge is 0.232 e. The van der Waals surface area contributed by atoms with E-state index in [1.54, 1.807) is 29.2 Å². The number of nitrogens with zero attached hydrogens (tertiary/aromatic N) is 1. The minimum absolute atomic E-state index is 0.0489. The van der Waals surface area contributed by atoms with Gasteiger partial charge in [0.1, 0.15) is 0 Å². The maximum absolute atomic E-state index is 13.9. The van der Waals surface area contributed by atoms with Gasteiger partial charge in [-0.15, -0.1) is 0 Å². The van der Waals surface area contributed by atoms with Crippen LogP contribution in [0.5, 0.6) is 11.5 Å². The minimum atomic E-state index is -2.68. The van der Waals surface area contributed by atoms with Crippen molar-refractivity contribution in [3.8, 4) is 11.5 Å². The largest absolute Gasteiger partial charge is 0.493 e. The highest BCUT2D eigenvalue weighted by molar-refractivity contribution is 6.30. The average molecular weight is 552 g/mol. The Morgan fingerprint density at radius 3 is 2.41 bits per heavy atom. The van der Waals surface area contributed by atoms with Crippen LogP contribution in [0.2, 0.25) is 5.02 Å². The molecule has 0 bridgehead atoms. The van der Waals surface area contributed by atoms with Gasteiger partial charge >= 0.3 is 0 Å². The van der Waals surface area contributed by atoms with Crippen LogP contribution in [0.25, 0.3) is 0 Å². The van der Waals surface area contributed by atoms with Gasteiger partial charge in [-0.1, -0.05) is 35.9 Å². The number of halogens is 1. The summed E-state index contributed by atoms with van der Waals surface area (Å²) in [6.45, 7) is 7.33. The second-order valence-corrected chi connectivity index (χ2v) is 11.3. The van der Waals surface area contributed by atoms with E-state index in [0.717, 1.165) is 42.6 Å². The summed E-state index contributed by atoms with van der Waals surface area (Å²) in [7, 11) is -2.68. The Bertz CT molecular complexity index is 1420. The highest BCUT2D eigenvalue weighted by Gasteiger charge is 2.38. The van der Waals surface area contributed by atoms with Gasteiger partial charge in [0, 0.05) is 10.7 Å². The lowest BCUT2D eigenvalue weighted by Crippen LogP contribution is -2.41. The number of amides is 1. The number of benzene rings is 3. The first kappa shape index (κ1) is 23.8. The number of rotatable bonds is 7. The summed E-state index contributed by atoms with van der Waals surface area (Å²) < 4.78 is 34.2. The number of aliphatic hydroxyl groups is 1. The molecule has 2 aliphatic rings. The van der Waals surface area contributed by atoms with Gasteiger partial charge in [0.15, 0.2) is 11.5 Å². The molecule has 3 aromatic carbocycles. The van der Waals surface area contributed by atoms with Gasteiger partial charge < -0.3 is 24.8 Å². The fraction of sp³-hybridized carbons (Fsp3) is 0.406. The number of methoxy groups -OCH3 is 1. The fourth-order valence-electron chi connectivity index (χ4n) is 5.83. The summed E-state index contributed by atoms with van der Waals surface area (Å²) in [4.78, 5) is 15.6. The van der Waals surface area contributed by atoms with Gasteiger partial charge in [0.25, 0.3) is 0 Å². The highest BCUT2D eigenvalue weighted by Crippen LogP contribution is 2.44. The van der Waals surface area contributed by atoms with Crippen LogP contribution in [0.1, 0.15) is 66.0 Å². The molecule has 1 saturated heterocycles. The number of carbonyl (C=O) groups is 1. The van der Waals surface area contributed by atoms with Crippen LogP contribution in [-0.2, 0) is 16.8 Å². The molecule has 2 N–H and O–H groups in total. The molecule has 0 aromatic heterocycles. The molecule has 2 atom stereocenters. The molecular formula is C32H37ClN2O4. The quantitative estimate of drug-likeness (QED) is 0.375. The molecule has 1 amide bonds. The topological polar surface area (TPSA) is 71.0 Å². The molecule has 0 spiro atoms. The number of ether oxygens (including phenoxy) is 2. The number of fused-ring (bicyclic) bond motifs is 1. The summed E-state index contributed by atoms with van der Waals surface area (Å²) >= 11 is 6.22. The van der Waals surface area contributed by atoms with Crippen molar-refractivity contribution < 1.29 is 23.5 Å². The van der Waals surface area contributed by atoms with Crippen molar-refractivity contribution >= 4 is 23.2 Å². The van der Waals surface area contributed by atoms with Crippen LogP contribution in [0.3, 0.4) is 0 Å². The van der Waals surface area contributed by atoms with Gasteiger partial charge in [-0.2, -0.15) is 0 Å². The molecule has 0 radical (unpaired) electrons. The van der Waals surface area contributed by atoms with Crippen molar-refractivity contribution in [1.82, 2.24) is 5.32 Å². The monoisotopic (exact) mass is 551 g/mol. The second-order valence-electron chi connectivity index (χ2n) is 10.9. The first-order chi connectivity index (χ1) is 19.8. The number of hydrogen-bond acceptors (Lipinski definition) is 5. The zero-order valence-electron chi connectivity index (χ0n) is 25.5. The highest BCUT2D eigenvalue weighted by atomic mass is 35.5. The van der Waals surface area contributed by atoms with Crippen molar-refractivity contribution in [2.24, 2.45) is 5.92 Å². The molecule has 2 heterocycles. The van der Waals surface area contributed by atoms with E-state index < -0.39 is 18.7 Å². The number of hydrogen-bond donors (Lipinski definition) is 2. The summed E-state index contributed by atoms with van der Waals surface area (Å²) in [5.74, 6) is 0.350. The first-order valence-corrected chi connectivity index (χ1v) is 13.8. The average Bonchev–Trinajstić information content (AvgIpc) is 2.93. The zero-order chi connectivity index (χ0) is 30.2. The fourth-order valence-corrected chi connectivity index (χ4v) is 5.95. The third-order valence-corrected chi connectivity index (χ3v) is 8.14. The lowest BCUT2D eigenvalue weighted by Gasteiger charge is -2.39.